The number of aryl methyl sites for hydroxylation is 1. The summed E-state index contributed by atoms with van der Waals surface area (Å²) >= 11 is 3.58. The van der Waals surface area contributed by atoms with E-state index in [-0.39, 0.29) is 0 Å². The molecule has 0 aliphatic heterocycles. The average Bonchev–Trinajstić information content (AvgIpc) is 2.64. The summed E-state index contributed by atoms with van der Waals surface area (Å²) in [7, 11) is 1.97. The van der Waals surface area contributed by atoms with Crippen LogP contribution in [0.1, 0.15) is 25.5 Å². The summed E-state index contributed by atoms with van der Waals surface area (Å²) < 4.78 is 3.03. The number of fused-ring (bicyclic) bond motifs is 1. The molecule has 0 fully saturated rings. The van der Waals surface area contributed by atoms with Crippen LogP contribution in [0.25, 0.3) is 10.9 Å². The maximum atomic E-state index is 4.55. The standard InChI is InChI=1S/C12H16BrN3/c1-4-16-12(13)10-6-5-9(8(2)14-3)7-11(10)15-16/h5-8,14H,4H2,1-3H3. The highest BCUT2D eigenvalue weighted by Gasteiger charge is 2.09. The first kappa shape index (κ1) is 11.6. The van der Waals surface area contributed by atoms with Crippen LogP contribution in [0.15, 0.2) is 22.8 Å². The van der Waals surface area contributed by atoms with E-state index in [1.807, 2.05) is 11.7 Å². The first-order chi connectivity index (χ1) is 7.67. The molecule has 4 heteroatoms. The maximum Gasteiger partial charge on any atom is 0.111 e. The van der Waals surface area contributed by atoms with E-state index in [0.29, 0.717) is 6.04 Å². The van der Waals surface area contributed by atoms with E-state index in [1.54, 1.807) is 0 Å². The lowest BCUT2D eigenvalue weighted by Crippen LogP contribution is -2.11. The molecule has 1 aromatic carbocycles. The summed E-state index contributed by atoms with van der Waals surface area (Å²) in [4.78, 5) is 0. The summed E-state index contributed by atoms with van der Waals surface area (Å²) in [5.41, 5.74) is 2.32. The van der Waals surface area contributed by atoms with Crippen molar-refractivity contribution in [1.82, 2.24) is 15.1 Å². The number of rotatable bonds is 3. The average molecular weight is 282 g/mol. The predicted octanol–water partition coefficient (Wildman–Crippen LogP) is 3.10. The van der Waals surface area contributed by atoms with Gasteiger partial charge in [0.25, 0.3) is 0 Å². The van der Waals surface area contributed by atoms with Gasteiger partial charge in [-0.1, -0.05) is 6.07 Å². The van der Waals surface area contributed by atoms with Crippen LogP contribution in [0.3, 0.4) is 0 Å². The minimum atomic E-state index is 0.356. The number of aromatic nitrogens is 2. The molecule has 0 aliphatic rings. The van der Waals surface area contributed by atoms with E-state index in [9.17, 15) is 0 Å². The van der Waals surface area contributed by atoms with E-state index in [1.165, 1.54) is 10.9 Å². The molecule has 0 bridgehead atoms. The van der Waals surface area contributed by atoms with Gasteiger partial charge in [0.1, 0.15) is 4.60 Å². The van der Waals surface area contributed by atoms with Crippen LogP contribution in [0.5, 0.6) is 0 Å². The number of nitrogens with zero attached hydrogens (tertiary/aromatic N) is 2. The molecule has 0 radical (unpaired) electrons. The first-order valence-electron chi connectivity index (χ1n) is 5.50. The summed E-state index contributed by atoms with van der Waals surface area (Å²) in [6.45, 7) is 5.12. The van der Waals surface area contributed by atoms with Gasteiger partial charge in [-0.05, 0) is 54.5 Å². The van der Waals surface area contributed by atoms with Gasteiger partial charge >= 0.3 is 0 Å². The van der Waals surface area contributed by atoms with Crippen LogP contribution >= 0.6 is 15.9 Å². The zero-order valence-electron chi connectivity index (χ0n) is 9.79. The molecular formula is C12H16BrN3. The number of hydrogen-bond donors (Lipinski definition) is 1. The lowest BCUT2D eigenvalue weighted by atomic mass is 10.1. The van der Waals surface area contributed by atoms with Crippen LogP contribution in [0.2, 0.25) is 0 Å². The van der Waals surface area contributed by atoms with Crippen molar-refractivity contribution in [2.75, 3.05) is 7.05 Å². The van der Waals surface area contributed by atoms with E-state index in [4.69, 9.17) is 0 Å². The molecule has 0 amide bonds. The molecule has 86 valence electrons. The van der Waals surface area contributed by atoms with Crippen molar-refractivity contribution < 1.29 is 0 Å². The van der Waals surface area contributed by atoms with Crippen LogP contribution in [0.4, 0.5) is 0 Å². The van der Waals surface area contributed by atoms with Gasteiger partial charge < -0.3 is 5.32 Å². The third-order valence-corrected chi connectivity index (χ3v) is 3.77. The van der Waals surface area contributed by atoms with Gasteiger partial charge in [0, 0.05) is 18.0 Å². The molecule has 0 spiro atoms. The number of halogens is 1. The Labute approximate surface area is 104 Å². The highest BCUT2D eigenvalue weighted by Crippen LogP contribution is 2.26. The molecule has 1 unspecified atom stereocenters. The molecule has 0 aliphatic carbocycles. The van der Waals surface area contributed by atoms with Crippen molar-refractivity contribution in [2.24, 2.45) is 0 Å². The van der Waals surface area contributed by atoms with Gasteiger partial charge in [0.2, 0.25) is 0 Å². The maximum absolute atomic E-state index is 4.55. The Morgan fingerprint density at radius 1 is 1.50 bits per heavy atom. The van der Waals surface area contributed by atoms with Crippen molar-refractivity contribution >= 4 is 26.8 Å². The first-order valence-corrected chi connectivity index (χ1v) is 6.30. The van der Waals surface area contributed by atoms with E-state index in [0.717, 1.165) is 16.7 Å². The van der Waals surface area contributed by atoms with Crippen molar-refractivity contribution in [3.05, 3.63) is 28.4 Å². The zero-order chi connectivity index (χ0) is 11.7. The third kappa shape index (κ3) is 1.87. The van der Waals surface area contributed by atoms with Gasteiger partial charge in [0.05, 0.1) is 5.52 Å². The van der Waals surface area contributed by atoms with Gasteiger partial charge in [-0.15, -0.1) is 0 Å². The molecule has 2 aromatic rings. The second kappa shape index (κ2) is 4.55. The number of nitrogens with one attached hydrogen (secondary N) is 1. The van der Waals surface area contributed by atoms with Gasteiger partial charge in [-0.2, -0.15) is 5.10 Å². The molecule has 3 nitrogen and oxygen atoms in total. The Balaban J connectivity index is 2.54. The minimum Gasteiger partial charge on any atom is -0.313 e. The van der Waals surface area contributed by atoms with E-state index in [2.05, 4.69) is 58.4 Å². The van der Waals surface area contributed by atoms with Crippen LogP contribution in [-0.2, 0) is 6.54 Å². The Morgan fingerprint density at radius 2 is 2.25 bits per heavy atom. The molecule has 0 saturated heterocycles. The number of benzene rings is 1. The minimum absolute atomic E-state index is 0.356. The SMILES string of the molecule is CCn1nc2cc(C(C)NC)ccc2c1Br. The van der Waals surface area contributed by atoms with Crippen LogP contribution in [0, 0.1) is 0 Å². The van der Waals surface area contributed by atoms with Crippen molar-refractivity contribution in [3.8, 4) is 0 Å². The zero-order valence-corrected chi connectivity index (χ0v) is 11.4. The Kier molecular flexibility index (Phi) is 3.30. The largest absolute Gasteiger partial charge is 0.313 e. The van der Waals surface area contributed by atoms with Gasteiger partial charge in [0.15, 0.2) is 0 Å². The van der Waals surface area contributed by atoms with E-state index < -0.39 is 0 Å². The molecule has 1 aromatic heterocycles. The lowest BCUT2D eigenvalue weighted by molar-refractivity contribution is 0.648. The van der Waals surface area contributed by atoms with Crippen LogP contribution < -0.4 is 5.32 Å². The van der Waals surface area contributed by atoms with Crippen molar-refractivity contribution in [2.45, 2.75) is 26.4 Å². The smallest absolute Gasteiger partial charge is 0.111 e. The molecule has 1 N–H and O–H groups in total. The molecule has 16 heavy (non-hydrogen) atoms. The highest BCUT2D eigenvalue weighted by molar-refractivity contribution is 9.10. The quantitative estimate of drug-likeness (QED) is 0.937. The molecule has 2 rings (SSSR count). The summed E-state index contributed by atoms with van der Waals surface area (Å²) in [5.74, 6) is 0. The predicted molar refractivity (Wildman–Crippen MR) is 70.6 cm³/mol. The monoisotopic (exact) mass is 281 g/mol. The molecule has 1 atom stereocenters. The summed E-state index contributed by atoms with van der Waals surface area (Å²) in [6.07, 6.45) is 0. The fraction of sp³-hybridized carbons (Fsp3) is 0.417. The Bertz CT molecular complexity index is 504. The van der Waals surface area contributed by atoms with Crippen LogP contribution in [-0.4, -0.2) is 16.8 Å². The number of hydrogen-bond acceptors (Lipinski definition) is 2. The Morgan fingerprint density at radius 3 is 2.88 bits per heavy atom. The van der Waals surface area contributed by atoms with Gasteiger partial charge in [-0.25, -0.2) is 0 Å². The second-order valence-corrected chi connectivity index (χ2v) is 4.64. The fourth-order valence-electron chi connectivity index (χ4n) is 1.76. The Hall–Kier alpha value is -0.870. The highest BCUT2D eigenvalue weighted by atomic mass is 79.9. The fourth-order valence-corrected chi connectivity index (χ4v) is 2.43. The third-order valence-electron chi connectivity index (χ3n) is 2.93. The normalized spacial score (nSPS) is 13.2. The van der Waals surface area contributed by atoms with Crippen molar-refractivity contribution in [3.63, 3.8) is 0 Å². The molecule has 1 heterocycles. The second-order valence-electron chi connectivity index (χ2n) is 3.89. The molecular weight excluding hydrogens is 266 g/mol. The summed E-state index contributed by atoms with van der Waals surface area (Å²) in [5, 5.41) is 8.96. The summed E-state index contributed by atoms with van der Waals surface area (Å²) in [6, 6.07) is 6.78. The van der Waals surface area contributed by atoms with E-state index >= 15 is 0 Å². The lowest BCUT2D eigenvalue weighted by Gasteiger charge is -2.09. The van der Waals surface area contributed by atoms with Gasteiger partial charge in [-0.3, -0.25) is 4.68 Å². The van der Waals surface area contributed by atoms with Crippen molar-refractivity contribution in [1.29, 1.82) is 0 Å². The molecule has 0 saturated carbocycles. The topological polar surface area (TPSA) is 29.9 Å².